The number of aromatic nitrogens is 2. The van der Waals surface area contributed by atoms with Gasteiger partial charge in [0.25, 0.3) is 0 Å². The van der Waals surface area contributed by atoms with E-state index < -0.39 is 11.6 Å². The maximum absolute atomic E-state index is 13.6. The molecule has 2 atom stereocenters. The molecule has 0 aliphatic carbocycles. The van der Waals surface area contributed by atoms with Crippen LogP contribution in [0.3, 0.4) is 0 Å². The maximum Gasteiger partial charge on any atom is 0.130 e. The lowest BCUT2D eigenvalue weighted by molar-refractivity contribution is 0.409. The zero-order chi connectivity index (χ0) is 13.8. The first-order valence-corrected chi connectivity index (χ1v) is 6.23. The lowest BCUT2D eigenvalue weighted by Gasteiger charge is -2.21. The highest BCUT2D eigenvalue weighted by atomic mass is 19.1. The van der Waals surface area contributed by atoms with E-state index in [1.54, 1.807) is 19.4 Å². The molecular weight excluding hydrogens is 248 g/mol. The molecule has 1 heterocycles. The van der Waals surface area contributed by atoms with Crippen molar-refractivity contribution in [2.24, 2.45) is 0 Å². The molecule has 5 heteroatoms. The predicted octanol–water partition coefficient (Wildman–Crippen LogP) is 2.90. The average Bonchev–Trinajstić information content (AvgIpc) is 2.81. The first-order chi connectivity index (χ1) is 9.08. The number of rotatable bonds is 5. The van der Waals surface area contributed by atoms with Gasteiger partial charge in [-0.3, -0.25) is 0 Å². The van der Waals surface area contributed by atoms with Crippen molar-refractivity contribution in [1.29, 1.82) is 0 Å². The zero-order valence-electron chi connectivity index (χ0n) is 11.0. The highest BCUT2D eigenvalue weighted by molar-refractivity contribution is 5.22. The normalized spacial score (nSPS) is 14.3. The van der Waals surface area contributed by atoms with E-state index in [4.69, 9.17) is 0 Å². The van der Waals surface area contributed by atoms with Gasteiger partial charge in [0, 0.05) is 36.6 Å². The Balaban J connectivity index is 2.02. The molecular formula is C14H17F2N3. The van der Waals surface area contributed by atoms with Crippen LogP contribution in [0.15, 0.2) is 36.9 Å². The van der Waals surface area contributed by atoms with E-state index in [1.165, 1.54) is 18.2 Å². The van der Waals surface area contributed by atoms with Crippen molar-refractivity contribution in [3.8, 4) is 0 Å². The van der Waals surface area contributed by atoms with E-state index in [2.05, 4.69) is 10.3 Å². The lowest BCUT2D eigenvalue weighted by Crippen LogP contribution is -2.33. The summed E-state index contributed by atoms with van der Waals surface area (Å²) in [6.45, 7) is 4.42. The lowest BCUT2D eigenvalue weighted by atomic mass is 10.1. The first kappa shape index (κ1) is 13.7. The molecule has 2 unspecified atom stereocenters. The molecule has 0 spiro atoms. The van der Waals surface area contributed by atoms with Gasteiger partial charge in [0.2, 0.25) is 0 Å². The Hall–Kier alpha value is -1.75. The third-order valence-electron chi connectivity index (χ3n) is 3.01. The second-order valence-corrected chi connectivity index (χ2v) is 4.68. The molecule has 1 N–H and O–H groups in total. The second-order valence-electron chi connectivity index (χ2n) is 4.68. The maximum atomic E-state index is 13.6. The summed E-state index contributed by atoms with van der Waals surface area (Å²) in [6, 6.07) is 3.60. The van der Waals surface area contributed by atoms with Crippen molar-refractivity contribution in [3.05, 3.63) is 54.1 Å². The minimum atomic E-state index is -0.519. The fourth-order valence-corrected chi connectivity index (χ4v) is 2.20. The van der Waals surface area contributed by atoms with E-state index in [1.807, 2.05) is 17.7 Å². The molecule has 102 valence electrons. The summed E-state index contributed by atoms with van der Waals surface area (Å²) in [5.41, 5.74) is 0.0833. The summed E-state index contributed by atoms with van der Waals surface area (Å²) in [5.74, 6) is -1.04. The minimum Gasteiger partial charge on any atom is -0.336 e. The van der Waals surface area contributed by atoms with Gasteiger partial charge in [0.1, 0.15) is 11.6 Å². The highest BCUT2D eigenvalue weighted by Gasteiger charge is 2.17. The number of imidazole rings is 1. The van der Waals surface area contributed by atoms with Gasteiger partial charge >= 0.3 is 0 Å². The van der Waals surface area contributed by atoms with E-state index in [0.717, 1.165) is 0 Å². The third-order valence-corrected chi connectivity index (χ3v) is 3.01. The Labute approximate surface area is 111 Å². The standard InChI is InChI=1S/C14H17F2N3/c1-10(8-19-7-6-17-9-19)18-11(2)14-12(15)4-3-5-13(14)16/h3-7,9-11,18H,8H2,1-2H3. The van der Waals surface area contributed by atoms with Crippen LogP contribution in [0.4, 0.5) is 8.78 Å². The molecule has 2 aromatic rings. The van der Waals surface area contributed by atoms with E-state index >= 15 is 0 Å². The molecule has 0 bridgehead atoms. The van der Waals surface area contributed by atoms with Gasteiger partial charge in [-0.2, -0.15) is 0 Å². The molecule has 0 saturated carbocycles. The van der Waals surface area contributed by atoms with Gasteiger partial charge in [-0.15, -0.1) is 0 Å². The van der Waals surface area contributed by atoms with E-state index in [-0.39, 0.29) is 17.6 Å². The van der Waals surface area contributed by atoms with Gasteiger partial charge < -0.3 is 9.88 Å². The quantitative estimate of drug-likeness (QED) is 0.901. The Morgan fingerprint density at radius 1 is 1.26 bits per heavy atom. The van der Waals surface area contributed by atoms with Crippen LogP contribution in [0.25, 0.3) is 0 Å². The van der Waals surface area contributed by atoms with Crippen LogP contribution >= 0.6 is 0 Å². The van der Waals surface area contributed by atoms with Gasteiger partial charge in [0.05, 0.1) is 6.33 Å². The summed E-state index contributed by atoms with van der Waals surface area (Å²) in [7, 11) is 0. The SMILES string of the molecule is CC(Cn1ccnc1)NC(C)c1c(F)cccc1F. The molecule has 0 radical (unpaired) electrons. The van der Waals surface area contributed by atoms with Gasteiger partial charge in [-0.25, -0.2) is 13.8 Å². The average molecular weight is 265 g/mol. The fraction of sp³-hybridized carbons (Fsp3) is 0.357. The Bertz CT molecular complexity index is 505. The number of nitrogens with one attached hydrogen (secondary N) is 1. The molecule has 0 aliphatic heterocycles. The van der Waals surface area contributed by atoms with Crippen LogP contribution < -0.4 is 5.32 Å². The van der Waals surface area contributed by atoms with Gasteiger partial charge in [-0.1, -0.05) is 6.07 Å². The van der Waals surface area contributed by atoms with Crippen molar-refractivity contribution in [2.45, 2.75) is 32.5 Å². The number of nitrogens with zero attached hydrogens (tertiary/aromatic N) is 2. The zero-order valence-corrected chi connectivity index (χ0v) is 11.0. The van der Waals surface area contributed by atoms with Crippen molar-refractivity contribution in [3.63, 3.8) is 0 Å². The van der Waals surface area contributed by atoms with E-state index in [9.17, 15) is 8.78 Å². The van der Waals surface area contributed by atoms with Gasteiger partial charge in [-0.05, 0) is 26.0 Å². The molecule has 0 fully saturated rings. The molecule has 1 aromatic carbocycles. The third kappa shape index (κ3) is 3.38. The van der Waals surface area contributed by atoms with Gasteiger partial charge in [0.15, 0.2) is 0 Å². The summed E-state index contributed by atoms with van der Waals surface area (Å²) in [6.07, 6.45) is 5.27. The summed E-state index contributed by atoms with van der Waals surface area (Å²) in [5, 5.41) is 3.19. The van der Waals surface area contributed by atoms with E-state index in [0.29, 0.717) is 6.54 Å². The Morgan fingerprint density at radius 2 is 1.95 bits per heavy atom. The number of benzene rings is 1. The molecule has 1 aromatic heterocycles. The Kier molecular flexibility index (Phi) is 4.27. The second kappa shape index (κ2) is 5.93. The Morgan fingerprint density at radius 3 is 2.53 bits per heavy atom. The van der Waals surface area contributed by atoms with Crippen molar-refractivity contribution in [1.82, 2.24) is 14.9 Å². The monoisotopic (exact) mass is 265 g/mol. The number of hydrogen-bond acceptors (Lipinski definition) is 2. The van der Waals surface area contributed by atoms with Crippen molar-refractivity contribution < 1.29 is 8.78 Å². The molecule has 0 aliphatic rings. The fourth-order valence-electron chi connectivity index (χ4n) is 2.20. The predicted molar refractivity (Wildman–Crippen MR) is 69.6 cm³/mol. The van der Waals surface area contributed by atoms with Crippen LogP contribution in [0.1, 0.15) is 25.5 Å². The number of hydrogen-bond donors (Lipinski definition) is 1. The molecule has 3 nitrogen and oxygen atoms in total. The summed E-state index contributed by atoms with van der Waals surface area (Å²) < 4.78 is 29.2. The largest absolute Gasteiger partial charge is 0.336 e. The molecule has 0 saturated heterocycles. The first-order valence-electron chi connectivity index (χ1n) is 6.23. The van der Waals surface area contributed by atoms with Crippen molar-refractivity contribution in [2.75, 3.05) is 0 Å². The topological polar surface area (TPSA) is 29.9 Å². The highest BCUT2D eigenvalue weighted by Crippen LogP contribution is 2.20. The number of halogens is 2. The van der Waals surface area contributed by atoms with Crippen LogP contribution in [0, 0.1) is 11.6 Å². The molecule has 2 rings (SSSR count). The van der Waals surface area contributed by atoms with Crippen molar-refractivity contribution >= 4 is 0 Å². The summed E-state index contributed by atoms with van der Waals surface area (Å²) in [4.78, 5) is 3.96. The molecule has 0 amide bonds. The molecule has 19 heavy (non-hydrogen) atoms. The minimum absolute atomic E-state index is 0.0724. The van der Waals surface area contributed by atoms with Crippen LogP contribution in [-0.4, -0.2) is 15.6 Å². The van der Waals surface area contributed by atoms with Crippen LogP contribution in [0.2, 0.25) is 0 Å². The van der Waals surface area contributed by atoms with Crippen LogP contribution in [0.5, 0.6) is 0 Å². The summed E-state index contributed by atoms with van der Waals surface area (Å²) >= 11 is 0. The van der Waals surface area contributed by atoms with Crippen LogP contribution in [-0.2, 0) is 6.54 Å². The smallest absolute Gasteiger partial charge is 0.130 e.